The van der Waals surface area contributed by atoms with Crippen molar-refractivity contribution >= 4 is 17.5 Å². The molecule has 0 saturated carbocycles. The lowest BCUT2D eigenvalue weighted by Crippen LogP contribution is -2.29. The van der Waals surface area contributed by atoms with E-state index in [9.17, 15) is 4.79 Å². The normalized spacial score (nSPS) is 9.69. The number of amides is 1. The standard InChI is InChI=1S/C9H16N6O/c1-3-11-9(16)5-12-7-4-8(15-10)14-6(2)13-7/h4H,3,5,10H2,1-2H3,(H,11,16)(H2,12,13,14,15). The van der Waals surface area contributed by atoms with Gasteiger partial charge in [0.05, 0.1) is 6.54 Å². The monoisotopic (exact) mass is 224 g/mol. The second-order valence-corrected chi connectivity index (χ2v) is 3.14. The Bertz CT molecular complexity index is 367. The smallest absolute Gasteiger partial charge is 0.239 e. The molecule has 1 amide bonds. The van der Waals surface area contributed by atoms with Crippen molar-refractivity contribution in [1.82, 2.24) is 15.3 Å². The first-order chi connectivity index (χ1) is 7.65. The number of anilines is 2. The summed E-state index contributed by atoms with van der Waals surface area (Å²) in [6.07, 6.45) is 0. The summed E-state index contributed by atoms with van der Waals surface area (Å²) < 4.78 is 0. The summed E-state index contributed by atoms with van der Waals surface area (Å²) in [4.78, 5) is 19.3. The van der Waals surface area contributed by atoms with Gasteiger partial charge in [0.25, 0.3) is 0 Å². The predicted molar refractivity (Wildman–Crippen MR) is 61.8 cm³/mol. The Balaban J connectivity index is 2.59. The number of nitrogens with one attached hydrogen (secondary N) is 3. The highest BCUT2D eigenvalue weighted by Gasteiger charge is 2.02. The lowest BCUT2D eigenvalue weighted by Gasteiger charge is -2.07. The predicted octanol–water partition coefficient (Wildman–Crippen LogP) is -0.381. The third-order valence-corrected chi connectivity index (χ3v) is 1.79. The highest BCUT2D eigenvalue weighted by molar-refractivity contribution is 5.80. The fraction of sp³-hybridized carbons (Fsp3) is 0.444. The Morgan fingerprint density at radius 3 is 2.75 bits per heavy atom. The van der Waals surface area contributed by atoms with Gasteiger partial charge < -0.3 is 16.1 Å². The van der Waals surface area contributed by atoms with Crippen molar-refractivity contribution in [2.75, 3.05) is 23.8 Å². The number of aryl methyl sites for hydroxylation is 1. The number of hydrogen-bond donors (Lipinski definition) is 4. The second kappa shape index (κ2) is 5.86. The zero-order valence-corrected chi connectivity index (χ0v) is 9.37. The van der Waals surface area contributed by atoms with E-state index in [1.54, 1.807) is 13.0 Å². The minimum absolute atomic E-state index is 0.0824. The van der Waals surface area contributed by atoms with Crippen LogP contribution < -0.4 is 21.9 Å². The molecule has 0 aliphatic rings. The van der Waals surface area contributed by atoms with Crippen molar-refractivity contribution in [1.29, 1.82) is 0 Å². The Hall–Kier alpha value is -1.89. The number of likely N-dealkylation sites (N-methyl/N-ethyl adjacent to an activating group) is 1. The van der Waals surface area contributed by atoms with Crippen molar-refractivity contribution in [3.8, 4) is 0 Å². The van der Waals surface area contributed by atoms with Crippen LogP contribution in [0.5, 0.6) is 0 Å². The number of nitrogen functional groups attached to an aromatic ring is 1. The van der Waals surface area contributed by atoms with Crippen LogP contribution in [-0.2, 0) is 4.79 Å². The second-order valence-electron chi connectivity index (χ2n) is 3.14. The van der Waals surface area contributed by atoms with E-state index in [0.29, 0.717) is 24.0 Å². The van der Waals surface area contributed by atoms with Gasteiger partial charge in [0.15, 0.2) is 0 Å². The van der Waals surface area contributed by atoms with Gasteiger partial charge in [0, 0.05) is 12.6 Å². The molecular formula is C9H16N6O. The van der Waals surface area contributed by atoms with E-state index >= 15 is 0 Å². The van der Waals surface area contributed by atoms with E-state index in [0.717, 1.165) is 0 Å². The minimum atomic E-state index is -0.0824. The number of carbonyl (C=O) groups excluding carboxylic acids is 1. The molecule has 88 valence electrons. The summed E-state index contributed by atoms with van der Waals surface area (Å²) in [7, 11) is 0. The molecule has 0 radical (unpaired) electrons. The highest BCUT2D eigenvalue weighted by atomic mass is 16.1. The molecule has 0 atom stereocenters. The number of nitrogens with two attached hydrogens (primary N) is 1. The van der Waals surface area contributed by atoms with Crippen molar-refractivity contribution in [2.45, 2.75) is 13.8 Å². The summed E-state index contributed by atoms with van der Waals surface area (Å²) in [6.45, 7) is 4.40. The van der Waals surface area contributed by atoms with Gasteiger partial charge in [-0.05, 0) is 13.8 Å². The molecule has 1 aromatic heterocycles. The topological polar surface area (TPSA) is 105 Å². The van der Waals surface area contributed by atoms with Gasteiger partial charge in [0.2, 0.25) is 5.91 Å². The summed E-state index contributed by atoms with van der Waals surface area (Å²) in [5.41, 5.74) is 2.43. The Kier molecular flexibility index (Phi) is 4.46. The number of carbonyl (C=O) groups is 1. The molecule has 0 unspecified atom stereocenters. The minimum Gasteiger partial charge on any atom is -0.361 e. The molecule has 1 rings (SSSR count). The van der Waals surface area contributed by atoms with Crippen LogP contribution in [0.25, 0.3) is 0 Å². The molecule has 0 saturated heterocycles. The first-order valence-corrected chi connectivity index (χ1v) is 4.98. The lowest BCUT2D eigenvalue weighted by molar-refractivity contribution is -0.119. The fourth-order valence-corrected chi connectivity index (χ4v) is 1.16. The third-order valence-electron chi connectivity index (χ3n) is 1.79. The Morgan fingerprint density at radius 1 is 1.44 bits per heavy atom. The van der Waals surface area contributed by atoms with Crippen molar-refractivity contribution in [3.63, 3.8) is 0 Å². The first kappa shape index (κ1) is 12.2. The zero-order valence-electron chi connectivity index (χ0n) is 9.37. The van der Waals surface area contributed by atoms with Gasteiger partial charge in [-0.2, -0.15) is 0 Å². The molecule has 0 aliphatic heterocycles. The molecule has 7 nitrogen and oxygen atoms in total. The number of hydrogen-bond acceptors (Lipinski definition) is 6. The molecule has 0 spiro atoms. The molecule has 0 bridgehead atoms. The third kappa shape index (κ3) is 3.70. The van der Waals surface area contributed by atoms with Gasteiger partial charge >= 0.3 is 0 Å². The largest absolute Gasteiger partial charge is 0.361 e. The van der Waals surface area contributed by atoms with Gasteiger partial charge in [-0.3, -0.25) is 4.79 Å². The van der Waals surface area contributed by atoms with Gasteiger partial charge in [0.1, 0.15) is 17.5 Å². The summed E-state index contributed by atoms with van der Waals surface area (Å²) >= 11 is 0. The quantitative estimate of drug-likeness (QED) is 0.401. The molecule has 5 N–H and O–H groups in total. The van der Waals surface area contributed by atoms with E-state index in [1.807, 2.05) is 6.92 Å². The number of nitrogens with zero attached hydrogens (tertiary/aromatic N) is 2. The van der Waals surface area contributed by atoms with Crippen LogP contribution in [0.2, 0.25) is 0 Å². The Labute approximate surface area is 93.8 Å². The van der Waals surface area contributed by atoms with Crippen LogP contribution in [0.1, 0.15) is 12.7 Å². The van der Waals surface area contributed by atoms with Crippen LogP contribution in [0.4, 0.5) is 11.6 Å². The van der Waals surface area contributed by atoms with Gasteiger partial charge in [-0.15, -0.1) is 0 Å². The Morgan fingerprint density at radius 2 is 2.12 bits per heavy atom. The molecule has 0 aromatic carbocycles. The lowest BCUT2D eigenvalue weighted by atomic mass is 10.4. The molecule has 7 heteroatoms. The molecule has 0 fully saturated rings. The van der Waals surface area contributed by atoms with Crippen molar-refractivity contribution in [3.05, 3.63) is 11.9 Å². The van der Waals surface area contributed by atoms with Crippen LogP contribution in [0.3, 0.4) is 0 Å². The van der Waals surface area contributed by atoms with Crippen LogP contribution >= 0.6 is 0 Å². The van der Waals surface area contributed by atoms with E-state index in [4.69, 9.17) is 5.84 Å². The van der Waals surface area contributed by atoms with Crippen LogP contribution in [-0.4, -0.2) is 29.0 Å². The number of rotatable bonds is 5. The summed E-state index contributed by atoms with van der Waals surface area (Å²) in [5.74, 6) is 6.81. The first-order valence-electron chi connectivity index (χ1n) is 4.98. The summed E-state index contributed by atoms with van der Waals surface area (Å²) in [6, 6.07) is 1.63. The van der Waals surface area contributed by atoms with Gasteiger partial charge in [-0.25, -0.2) is 15.8 Å². The molecular weight excluding hydrogens is 208 g/mol. The van der Waals surface area contributed by atoms with E-state index in [2.05, 4.69) is 26.0 Å². The van der Waals surface area contributed by atoms with Crippen molar-refractivity contribution < 1.29 is 4.79 Å². The maximum absolute atomic E-state index is 11.2. The van der Waals surface area contributed by atoms with Crippen molar-refractivity contribution in [2.24, 2.45) is 5.84 Å². The van der Waals surface area contributed by atoms with Gasteiger partial charge in [-0.1, -0.05) is 0 Å². The van der Waals surface area contributed by atoms with Crippen LogP contribution in [0.15, 0.2) is 6.07 Å². The SMILES string of the molecule is CCNC(=O)CNc1cc(NN)nc(C)n1. The fourth-order valence-electron chi connectivity index (χ4n) is 1.16. The van der Waals surface area contributed by atoms with E-state index in [1.165, 1.54) is 0 Å². The molecule has 1 heterocycles. The van der Waals surface area contributed by atoms with Crippen LogP contribution in [0, 0.1) is 6.92 Å². The van der Waals surface area contributed by atoms with E-state index in [-0.39, 0.29) is 12.5 Å². The summed E-state index contributed by atoms with van der Waals surface area (Å²) in [5, 5.41) is 5.56. The maximum atomic E-state index is 11.2. The number of hydrazine groups is 1. The average Bonchev–Trinajstić information content (AvgIpc) is 2.26. The molecule has 0 aliphatic carbocycles. The maximum Gasteiger partial charge on any atom is 0.239 e. The number of aromatic nitrogens is 2. The molecule has 16 heavy (non-hydrogen) atoms. The highest BCUT2D eigenvalue weighted by Crippen LogP contribution is 2.09. The zero-order chi connectivity index (χ0) is 12.0. The van der Waals surface area contributed by atoms with E-state index < -0.39 is 0 Å². The molecule has 1 aromatic rings. The average molecular weight is 224 g/mol.